The van der Waals surface area contributed by atoms with Crippen molar-refractivity contribution in [1.29, 1.82) is 0 Å². The Kier molecular flexibility index (Phi) is 76.6. The Labute approximate surface area is 593 Å². The topological polar surface area (TPSA) is 108 Å². The third-order valence-corrected chi connectivity index (χ3v) is 20.4. The van der Waals surface area contributed by atoms with Crippen LogP contribution in [0, 0.1) is 0 Å². The fourth-order valence-electron chi connectivity index (χ4n) is 13.8. The van der Waals surface area contributed by atoms with Crippen LogP contribution in [0.15, 0.2) is 0 Å². The summed E-state index contributed by atoms with van der Waals surface area (Å²) in [6.07, 6.45) is 94.5. The van der Waals surface area contributed by atoms with Gasteiger partial charge in [0.1, 0.15) is 13.2 Å². The average molecular weight is 1350 g/mol. The predicted octanol–water partition coefficient (Wildman–Crippen LogP) is 27.7. The van der Waals surface area contributed by atoms with E-state index in [-0.39, 0.29) is 38.2 Å². The molecule has 0 aromatic carbocycles. The third-order valence-electron chi connectivity index (χ3n) is 20.4. The van der Waals surface area contributed by atoms with Crippen LogP contribution in [0.4, 0.5) is 0 Å². The van der Waals surface area contributed by atoms with Crippen molar-refractivity contribution in [2.45, 2.75) is 489 Å². The van der Waals surface area contributed by atoms with E-state index in [4.69, 9.17) is 18.9 Å². The lowest BCUT2D eigenvalue weighted by Gasteiger charge is -2.25. The number of likely N-dealkylation sites (N-methyl/N-ethyl adjacent to an activating group) is 1. The molecule has 2 unspecified atom stereocenters. The molecule has 0 radical (unpaired) electrons. The molecule has 1 N–H and O–H groups in total. The minimum atomic E-state index is -1.51. The van der Waals surface area contributed by atoms with Crippen molar-refractivity contribution in [1.82, 2.24) is 0 Å². The van der Waals surface area contributed by atoms with E-state index >= 15 is 0 Å². The first kappa shape index (κ1) is 93.3. The van der Waals surface area contributed by atoms with Gasteiger partial charge in [-0.1, -0.05) is 450 Å². The van der Waals surface area contributed by atoms with Gasteiger partial charge in [-0.25, -0.2) is 4.79 Å². The zero-order valence-electron chi connectivity index (χ0n) is 65.1. The van der Waals surface area contributed by atoms with Gasteiger partial charge in [0.15, 0.2) is 6.10 Å². The Hall–Kier alpha value is -1.71. The maximum absolute atomic E-state index is 13.0. The summed E-state index contributed by atoms with van der Waals surface area (Å²) in [5.74, 6) is -1.96. The minimum Gasteiger partial charge on any atom is -0.477 e. The van der Waals surface area contributed by atoms with Crippen molar-refractivity contribution >= 4 is 17.9 Å². The molecule has 0 saturated heterocycles. The van der Waals surface area contributed by atoms with E-state index in [9.17, 15) is 19.5 Å². The summed E-state index contributed by atoms with van der Waals surface area (Å²) < 4.78 is 23.1. The third kappa shape index (κ3) is 79.5. The zero-order valence-corrected chi connectivity index (χ0v) is 65.1. The summed E-state index contributed by atoms with van der Waals surface area (Å²) in [6.45, 7) is 4.99. The molecule has 0 aliphatic carbocycles. The highest BCUT2D eigenvalue weighted by molar-refractivity contribution is 5.71. The summed E-state index contributed by atoms with van der Waals surface area (Å²) in [6, 6.07) is 0. The van der Waals surface area contributed by atoms with Gasteiger partial charge in [0.25, 0.3) is 6.29 Å². The second-order valence-corrected chi connectivity index (χ2v) is 31.2. The van der Waals surface area contributed by atoms with E-state index in [0.29, 0.717) is 17.4 Å². The number of aliphatic carboxylic acids is 1. The molecule has 0 saturated carbocycles. The largest absolute Gasteiger partial charge is 0.477 e. The van der Waals surface area contributed by atoms with Crippen LogP contribution in [0.25, 0.3) is 0 Å². The first-order valence-electron chi connectivity index (χ1n) is 43.2. The molecule has 0 aliphatic rings. The Morgan fingerprint density at radius 1 is 0.274 bits per heavy atom. The second-order valence-electron chi connectivity index (χ2n) is 31.2. The molecule has 9 heteroatoms. The quantitative estimate of drug-likeness (QED) is 0.0278. The predicted molar refractivity (Wildman–Crippen MR) is 411 cm³/mol. The van der Waals surface area contributed by atoms with Crippen molar-refractivity contribution in [2.75, 3.05) is 47.5 Å². The van der Waals surface area contributed by atoms with Crippen LogP contribution < -0.4 is 0 Å². The highest BCUT2D eigenvalue weighted by Crippen LogP contribution is 2.21. The van der Waals surface area contributed by atoms with E-state index in [2.05, 4.69) is 13.8 Å². The lowest BCUT2D eigenvalue weighted by Crippen LogP contribution is -2.40. The summed E-state index contributed by atoms with van der Waals surface area (Å²) in [5, 5.41) is 9.78. The van der Waals surface area contributed by atoms with Crippen LogP contribution in [-0.4, -0.2) is 87.4 Å². The molecule has 0 rings (SSSR count). The first-order chi connectivity index (χ1) is 46.6. The summed E-state index contributed by atoms with van der Waals surface area (Å²) >= 11 is 0. The van der Waals surface area contributed by atoms with Gasteiger partial charge in [-0.3, -0.25) is 9.59 Å². The van der Waals surface area contributed by atoms with Crippen LogP contribution >= 0.6 is 0 Å². The molecular formula is C86H170NO8+. The number of carboxylic acids is 1. The fourth-order valence-corrected chi connectivity index (χ4v) is 13.8. The van der Waals surface area contributed by atoms with Crippen LogP contribution in [0.5, 0.6) is 0 Å². The molecule has 0 amide bonds. The lowest BCUT2D eigenvalue weighted by molar-refractivity contribution is -0.870. The van der Waals surface area contributed by atoms with E-state index in [0.717, 1.165) is 38.5 Å². The SMILES string of the molecule is CCCCCCCCCCCCCCCCCCCCCCCCCCCCCCCCCCCCCCCCCC(=O)OC(COC(=O)CCCCCCCCCCCCCCCCCCCCCCCCCCCCCCCCC)COC(OCC[N+](C)(C)C)C(=O)O. The Morgan fingerprint density at radius 3 is 0.674 bits per heavy atom. The smallest absolute Gasteiger partial charge is 0.361 e. The Balaban J connectivity index is 3.89. The van der Waals surface area contributed by atoms with E-state index in [1.165, 1.54) is 411 Å². The molecule has 566 valence electrons. The number of rotatable bonds is 83. The number of carbonyl (C=O) groups excluding carboxylic acids is 2. The normalized spacial score (nSPS) is 12.5. The van der Waals surface area contributed by atoms with Gasteiger partial charge in [-0.15, -0.1) is 0 Å². The number of ether oxygens (including phenoxy) is 4. The van der Waals surface area contributed by atoms with E-state index in [1.54, 1.807) is 0 Å². The molecule has 0 aromatic heterocycles. The molecular weight excluding hydrogens is 1170 g/mol. The highest BCUT2D eigenvalue weighted by Gasteiger charge is 2.25. The molecule has 0 spiro atoms. The van der Waals surface area contributed by atoms with Crippen molar-refractivity contribution in [3.8, 4) is 0 Å². The van der Waals surface area contributed by atoms with Gasteiger partial charge in [-0.2, -0.15) is 0 Å². The fraction of sp³-hybridized carbons (Fsp3) is 0.965. The number of unbranched alkanes of at least 4 members (excludes halogenated alkanes) is 68. The molecule has 0 heterocycles. The Bertz CT molecular complexity index is 1520. The zero-order chi connectivity index (χ0) is 69.0. The minimum absolute atomic E-state index is 0.171. The van der Waals surface area contributed by atoms with Crippen molar-refractivity contribution in [3.63, 3.8) is 0 Å². The van der Waals surface area contributed by atoms with Gasteiger partial charge in [0, 0.05) is 12.8 Å². The van der Waals surface area contributed by atoms with Crippen LogP contribution in [0.1, 0.15) is 476 Å². The van der Waals surface area contributed by atoms with Crippen molar-refractivity contribution < 1.29 is 42.9 Å². The van der Waals surface area contributed by atoms with Gasteiger partial charge in [0.2, 0.25) is 0 Å². The number of nitrogens with zero attached hydrogens (tertiary/aromatic N) is 1. The van der Waals surface area contributed by atoms with Crippen LogP contribution in [-0.2, 0) is 33.3 Å². The molecule has 0 fully saturated rings. The molecule has 9 nitrogen and oxygen atoms in total. The molecule has 95 heavy (non-hydrogen) atoms. The second kappa shape index (κ2) is 78.0. The van der Waals surface area contributed by atoms with Crippen LogP contribution in [0.3, 0.4) is 0 Å². The maximum atomic E-state index is 13.0. The average Bonchev–Trinajstić information content (AvgIpc) is 2.92. The number of quaternary nitrogens is 1. The van der Waals surface area contributed by atoms with E-state index < -0.39 is 18.4 Å². The number of carbonyl (C=O) groups is 3. The molecule has 0 aromatic rings. The number of carboxylic acid groups (broad SMARTS) is 1. The lowest BCUT2D eigenvalue weighted by atomic mass is 10.0. The van der Waals surface area contributed by atoms with Gasteiger partial charge in [0.05, 0.1) is 34.4 Å². The number of hydrogen-bond donors (Lipinski definition) is 1. The number of hydrogen-bond acceptors (Lipinski definition) is 7. The van der Waals surface area contributed by atoms with Crippen molar-refractivity contribution in [3.05, 3.63) is 0 Å². The van der Waals surface area contributed by atoms with Gasteiger partial charge >= 0.3 is 17.9 Å². The summed E-state index contributed by atoms with van der Waals surface area (Å²) in [4.78, 5) is 37.8. The standard InChI is InChI=1S/C86H169NO8/c1-6-8-10-12-14-16-18-20-22-24-26-28-30-32-34-36-38-39-40-41-42-43-44-45-47-49-51-53-55-57-59-61-63-65-67-69-71-73-75-77-84(89)95-82(81-94-86(85(90)91)92-79-78-87(3,4)5)80-93-83(88)76-74-72-70-68-66-64-62-60-58-56-54-52-50-48-46-37-35-33-31-29-27-25-23-21-19-17-15-13-11-9-7-2/h82,86H,6-81H2,1-5H3/p+1. The van der Waals surface area contributed by atoms with E-state index in [1.807, 2.05) is 21.1 Å². The highest BCUT2D eigenvalue weighted by atomic mass is 16.7. The maximum Gasteiger partial charge on any atom is 0.361 e. The molecule has 0 aliphatic heterocycles. The number of esters is 2. The summed E-state index contributed by atoms with van der Waals surface area (Å²) in [5.41, 5.74) is 0. The summed E-state index contributed by atoms with van der Waals surface area (Å²) in [7, 11) is 6.01. The van der Waals surface area contributed by atoms with Crippen LogP contribution in [0.2, 0.25) is 0 Å². The monoisotopic (exact) mass is 1350 g/mol. The Morgan fingerprint density at radius 2 is 0.474 bits per heavy atom. The van der Waals surface area contributed by atoms with Crippen molar-refractivity contribution in [2.24, 2.45) is 0 Å². The van der Waals surface area contributed by atoms with Gasteiger partial charge in [-0.05, 0) is 12.8 Å². The first-order valence-corrected chi connectivity index (χ1v) is 43.2. The van der Waals surface area contributed by atoms with Gasteiger partial charge < -0.3 is 28.5 Å². The molecule has 0 bridgehead atoms. The molecule has 2 atom stereocenters.